The van der Waals surface area contributed by atoms with Crippen molar-refractivity contribution >= 4 is 17.0 Å². The zero-order valence-corrected chi connectivity index (χ0v) is 13.6. The van der Waals surface area contributed by atoms with E-state index >= 15 is 0 Å². The van der Waals surface area contributed by atoms with Gasteiger partial charge in [0.05, 0.1) is 10.7 Å². The van der Waals surface area contributed by atoms with Crippen molar-refractivity contribution in [3.05, 3.63) is 34.7 Å². The van der Waals surface area contributed by atoms with Crippen LogP contribution in [-0.4, -0.2) is 11.5 Å². The van der Waals surface area contributed by atoms with Gasteiger partial charge < -0.3 is 5.32 Å². The largest absolute Gasteiger partial charge is 0.385 e. The number of hydrogen-bond donors (Lipinski definition) is 1. The molecular weight excluding hydrogens is 276 g/mol. The monoisotopic (exact) mass is 300 g/mol. The van der Waals surface area contributed by atoms with Crippen molar-refractivity contribution in [1.29, 1.82) is 0 Å². The first-order chi connectivity index (χ1) is 10.3. The first-order valence-electron chi connectivity index (χ1n) is 8.08. The maximum atomic E-state index is 4.53. The minimum Gasteiger partial charge on any atom is -0.385 e. The Morgan fingerprint density at radius 1 is 1.14 bits per heavy atom. The van der Waals surface area contributed by atoms with E-state index in [1.165, 1.54) is 49.8 Å². The van der Waals surface area contributed by atoms with Gasteiger partial charge in [-0.3, -0.25) is 0 Å². The van der Waals surface area contributed by atoms with E-state index in [0.29, 0.717) is 0 Å². The summed E-state index contributed by atoms with van der Waals surface area (Å²) >= 11 is 1.71. The first kappa shape index (κ1) is 14.6. The fraction of sp³-hybridized carbons (Fsp3) is 0.500. The molecule has 112 valence electrons. The highest BCUT2D eigenvalue weighted by Gasteiger charge is 2.12. The number of nitrogens with one attached hydrogen (secondary N) is 1. The molecule has 2 aromatic rings. The number of thiazole rings is 1. The van der Waals surface area contributed by atoms with Gasteiger partial charge in [-0.2, -0.15) is 0 Å². The van der Waals surface area contributed by atoms with E-state index in [1.54, 1.807) is 11.3 Å². The molecule has 0 spiro atoms. The molecule has 2 nitrogen and oxygen atoms in total. The Balaban J connectivity index is 1.50. The summed E-state index contributed by atoms with van der Waals surface area (Å²) in [5.74, 6) is 0.948. The van der Waals surface area contributed by atoms with Crippen LogP contribution in [0.15, 0.2) is 29.6 Å². The van der Waals surface area contributed by atoms with Crippen molar-refractivity contribution in [1.82, 2.24) is 4.98 Å². The van der Waals surface area contributed by atoms with Crippen LogP contribution in [0.3, 0.4) is 0 Å². The second-order valence-corrected chi connectivity index (χ2v) is 7.11. The quantitative estimate of drug-likeness (QED) is 0.788. The fourth-order valence-corrected chi connectivity index (χ4v) is 3.77. The van der Waals surface area contributed by atoms with Crippen molar-refractivity contribution in [3.8, 4) is 11.3 Å². The van der Waals surface area contributed by atoms with Crippen molar-refractivity contribution in [2.45, 2.75) is 45.4 Å². The lowest BCUT2D eigenvalue weighted by Crippen LogP contribution is -2.12. The summed E-state index contributed by atoms with van der Waals surface area (Å²) in [7, 11) is 0. The van der Waals surface area contributed by atoms with Gasteiger partial charge in [0.1, 0.15) is 0 Å². The van der Waals surface area contributed by atoms with Gasteiger partial charge in [-0.25, -0.2) is 4.98 Å². The minimum atomic E-state index is 0.948. The Kier molecular flexibility index (Phi) is 4.91. The third kappa shape index (κ3) is 4.07. The van der Waals surface area contributed by atoms with Crippen LogP contribution in [0.25, 0.3) is 11.3 Å². The number of aromatic nitrogens is 1. The molecule has 21 heavy (non-hydrogen) atoms. The maximum absolute atomic E-state index is 4.53. The molecule has 0 unspecified atom stereocenters. The summed E-state index contributed by atoms with van der Waals surface area (Å²) in [4.78, 5) is 4.53. The predicted octanol–water partition coefficient (Wildman–Crippen LogP) is 5.50. The molecule has 0 atom stereocenters. The third-order valence-corrected chi connectivity index (χ3v) is 5.18. The highest BCUT2D eigenvalue weighted by molar-refractivity contribution is 7.09. The third-order valence-electron chi connectivity index (χ3n) is 4.41. The van der Waals surface area contributed by atoms with Crippen LogP contribution in [0, 0.1) is 12.8 Å². The van der Waals surface area contributed by atoms with Crippen LogP contribution < -0.4 is 5.32 Å². The molecule has 3 rings (SSSR count). The van der Waals surface area contributed by atoms with Crippen LogP contribution in [-0.2, 0) is 0 Å². The van der Waals surface area contributed by atoms with Gasteiger partial charge in [0.2, 0.25) is 0 Å². The standard InChI is InChI=1S/C18H24N2S/c1-14-20-18(13-21-14)16-7-9-17(10-8-16)19-12-11-15-5-3-2-4-6-15/h7-10,13,15,19H,2-6,11-12H2,1H3. The topological polar surface area (TPSA) is 24.9 Å². The molecular formula is C18H24N2S. The number of anilines is 1. The molecule has 0 aliphatic heterocycles. The lowest BCUT2D eigenvalue weighted by Gasteiger charge is -2.21. The summed E-state index contributed by atoms with van der Waals surface area (Å²) in [6, 6.07) is 8.67. The van der Waals surface area contributed by atoms with E-state index in [9.17, 15) is 0 Å². The highest BCUT2D eigenvalue weighted by Crippen LogP contribution is 2.26. The maximum Gasteiger partial charge on any atom is 0.0901 e. The molecule has 0 bridgehead atoms. The van der Waals surface area contributed by atoms with Gasteiger partial charge in [-0.1, -0.05) is 44.2 Å². The highest BCUT2D eigenvalue weighted by atomic mass is 32.1. The molecule has 1 N–H and O–H groups in total. The molecule has 1 aliphatic rings. The van der Waals surface area contributed by atoms with Crippen molar-refractivity contribution in [2.75, 3.05) is 11.9 Å². The smallest absolute Gasteiger partial charge is 0.0901 e. The van der Waals surface area contributed by atoms with Crippen molar-refractivity contribution in [3.63, 3.8) is 0 Å². The number of aryl methyl sites for hydroxylation is 1. The Morgan fingerprint density at radius 3 is 2.57 bits per heavy atom. The van der Waals surface area contributed by atoms with E-state index < -0.39 is 0 Å². The predicted molar refractivity (Wildman–Crippen MR) is 92.0 cm³/mol. The second kappa shape index (κ2) is 7.08. The zero-order valence-electron chi connectivity index (χ0n) is 12.8. The summed E-state index contributed by atoms with van der Waals surface area (Å²) in [5.41, 5.74) is 3.52. The van der Waals surface area contributed by atoms with Gasteiger partial charge in [0.25, 0.3) is 0 Å². The molecule has 1 heterocycles. The SMILES string of the molecule is Cc1nc(-c2ccc(NCCC3CCCCC3)cc2)cs1. The van der Waals surface area contributed by atoms with Crippen molar-refractivity contribution < 1.29 is 0 Å². The van der Waals surface area contributed by atoms with Crippen LogP contribution in [0.2, 0.25) is 0 Å². The molecule has 0 radical (unpaired) electrons. The molecule has 1 saturated carbocycles. The fourth-order valence-electron chi connectivity index (χ4n) is 3.15. The number of nitrogens with zero attached hydrogens (tertiary/aromatic N) is 1. The van der Waals surface area contributed by atoms with E-state index in [1.807, 2.05) is 0 Å². The first-order valence-corrected chi connectivity index (χ1v) is 8.96. The second-order valence-electron chi connectivity index (χ2n) is 6.05. The Morgan fingerprint density at radius 2 is 1.90 bits per heavy atom. The Labute approximate surface area is 131 Å². The molecule has 3 heteroatoms. The van der Waals surface area contributed by atoms with E-state index in [4.69, 9.17) is 0 Å². The molecule has 0 saturated heterocycles. The Bertz CT molecular complexity index is 553. The van der Waals surface area contributed by atoms with Crippen LogP contribution in [0.5, 0.6) is 0 Å². The van der Waals surface area contributed by atoms with Gasteiger partial charge in [-0.15, -0.1) is 11.3 Å². The average molecular weight is 300 g/mol. The Hall–Kier alpha value is -1.35. The van der Waals surface area contributed by atoms with Gasteiger partial charge in [0.15, 0.2) is 0 Å². The summed E-state index contributed by atoms with van der Waals surface area (Å²) in [5, 5.41) is 6.81. The number of hydrogen-bond acceptors (Lipinski definition) is 3. The molecule has 0 amide bonds. The number of benzene rings is 1. The lowest BCUT2D eigenvalue weighted by molar-refractivity contribution is 0.345. The van der Waals surface area contributed by atoms with E-state index in [2.05, 4.69) is 46.9 Å². The summed E-state index contributed by atoms with van der Waals surface area (Å²) in [6.45, 7) is 3.15. The van der Waals surface area contributed by atoms with Gasteiger partial charge >= 0.3 is 0 Å². The summed E-state index contributed by atoms with van der Waals surface area (Å²) in [6.07, 6.45) is 8.50. The molecule has 1 aromatic carbocycles. The average Bonchev–Trinajstić information content (AvgIpc) is 2.96. The van der Waals surface area contributed by atoms with E-state index in [-0.39, 0.29) is 0 Å². The van der Waals surface area contributed by atoms with Crippen LogP contribution in [0.4, 0.5) is 5.69 Å². The minimum absolute atomic E-state index is 0.948. The van der Waals surface area contributed by atoms with Crippen molar-refractivity contribution in [2.24, 2.45) is 5.92 Å². The van der Waals surface area contributed by atoms with Crippen LogP contribution in [0.1, 0.15) is 43.5 Å². The molecule has 1 aliphatic carbocycles. The zero-order chi connectivity index (χ0) is 14.5. The lowest BCUT2D eigenvalue weighted by atomic mass is 9.87. The van der Waals surface area contributed by atoms with E-state index in [0.717, 1.165) is 23.2 Å². The van der Waals surface area contributed by atoms with Gasteiger partial charge in [-0.05, 0) is 31.4 Å². The van der Waals surface area contributed by atoms with Gasteiger partial charge in [0, 0.05) is 23.2 Å². The molecule has 1 aromatic heterocycles. The van der Waals surface area contributed by atoms with Crippen LogP contribution >= 0.6 is 11.3 Å². The molecule has 1 fully saturated rings. The number of rotatable bonds is 5. The summed E-state index contributed by atoms with van der Waals surface area (Å²) < 4.78 is 0. The normalized spacial score (nSPS) is 16.0.